The molecule has 2 heterocycles. The molecule has 0 N–H and O–H groups in total. The molecule has 5 heteroatoms. The molecule has 2 atom stereocenters. The number of ether oxygens (including phenoxy) is 3. The van der Waals surface area contributed by atoms with Gasteiger partial charge in [0.25, 0.3) is 0 Å². The van der Waals surface area contributed by atoms with Gasteiger partial charge in [0.05, 0.1) is 12.2 Å². The van der Waals surface area contributed by atoms with Crippen LogP contribution in [0.5, 0.6) is 0 Å². The molecule has 22 heavy (non-hydrogen) atoms. The molecule has 1 spiro atoms. The fourth-order valence-corrected chi connectivity index (χ4v) is 4.66. The zero-order chi connectivity index (χ0) is 15.4. The molecule has 2 fully saturated rings. The van der Waals surface area contributed by atoms with Crippen molar-refractivity contribution in [3.8, 4) is 0 Å². The van der Waals surface area contributed by atoms with Gasteiger partial charge in [0, 0.05) is 49.5 Å². The lowest BCUT2D eigenvalue weighted by Gasteiger charge is -2.47. The van der Waals surface area contributed by atoms with Gasteiger partial charge in [-0.2, -0.15) is 0 Å². The molecule has 2 aliphatic heterocycles. The van der Waals surface area contributed by atoms with E-state index >= 15 is 0 Å². The highest BCUT2D eigenvalue weighted by atomic mass is 32.2. The third-order valence-electron chi connectivity index (χ3n) is 4.31. The summed E-state index contributed by atoms with van der Waals surface area (Å²) < 4.78 is 17.1. The largest absolute Gasteiger partial charge is 0.460 e. The third kappa shape index (κ3) is 3.65. The van der Waals surface area contributed by atoms with Gasteiger partial charge in [-0.3, -0.25) is 4.79 Å². The highest BCUT2D eigenvalue weighted by Crippen LogP contribution is 2.44. The predicted molar refractivity (Wildman–Crippen MR) is 85.0 cm³/mol. The zero-order valence-electron chi connectivity index (χ0n) is 12.8. The van der Waals surface area contributed by atoms with Crippen LogP contribution < -0.4 is 0 Å². The maximum Gasteiger partial charge on any atom is 0.302 e. The van der Waals surface area contributed by atoms with E-state index in [9.17, 15) is 4.79 Å². The van der Waals surface area contributed by atoms with Crippen molar-refractivity contribution < 1.29 is 19.0 Å². The molecule has 4 nitrogen and oxygen atoms in total. The zero-order valence-corrected chi connectivity index (χ0v) is 13.6. The molecule has 120 valence electrons. The van der Waals surface area contributed by atoms with Crippen molar-refractivity contribution >= 4 is 17.7 Å². The summed E-state index contributed by atoms with van der Waals surface area (Å²) in [7, 11) is 0. The van der Waals surface area contributed by atoms with E-state index in [0.29, 0.717) is 6.61 Å². The van der Waals surface area contributed by atoms with Crippen LogP contribution >= 0.6 is 11.8 Å². The molecule has 1 aromatic carbocycles. The maximum atomic E-state index is 11.2. The molecule has 2 saturated heterocycles. The Morgan fingerprint density at radius 3 is 2.68 bits per heavy atom. The summed E-state index contributed by atoms with van der Waals surface area (Å²) in [5, 5.41) is 0.275. The van der Waals surface area contributed by atoms with Crippen molar-refractivity contribution in [2.45, 2.75) is 48.0 Å². The van der Waals surface area contributed by atoms with Gasteiger partial charge in [0.2, 0.25) is 0 Å². The average molecular weight is 322 g/mol. The first kappa shape index (κ1) is 15.8. The van der Waals surface area contributed by atoms with Crippen LogP contribution in [-0.2, 0) is 19.0 Å². The van der Waals surface area contributed by atoms with Crippen LogP contribution in [-0.4, -0.2) is 42.7 Å². The summed E-state index contributed by atoms with van der Waals surface area (Å²) in [6, 6.07) is 10.4. The van der Waals surface area contributed by atoms with Crippen LogP contribution in [0, 0.1) is 0 Å². The molecule has 0 aromatic heterocycles. The Morgan fingerprint density at radius 2 is 2.00 bits per heavy atom. The number of carbonyl (C=O) groups is 1. The van der Waals surface area contributed by atoms with Gasteiger partial charge in [0.1, 0.15) is 6.10 Å². The van der Waals surface area contributed by atoms with E-state index in [1.807, 2.05) is 30.0 Å². The van der Waals surface area contributed by atoms with Crippen LogP contribution in [0.1, 0.15) is 26.2 Å². The Hall–Kier alpha value is -1.04. The molecule has 0 amide bonds. The first-order valence-corrected chi connectivity index (χ1v) is 8.66. The summed E-state index contributed by atoms with van der Waals surface area (Å²) in [6.07, 6.45) is 2.50. The maximum absolute atomic E-state index is 11.2. The number of thioether (sulfide) groups is 1. The molecular formula is C17H22O4S. The van der Waals surface area contributed by atoms with Crippen molar-refractivity contribution in [3.05, 3.63) is 30.3 Å². The van der Waals surface area contributed by atoms with E-state index in [0.717, 1.165) is 32.5 Å². The van der Waals surface area contributed by atoms with Crippen LogP contribution in [0.25, 0.3) is 0 Å². The van der Waals surface area contributed by atoms with Gasteiger partial charge in [-0.15, -0.1) is 11.8 Å². The minimum atomic E-state index is -0.236. The second kappa shape index (κ2) is 7.02. The third-order valence-corrected chi connectivity index (χ3v) is 5.76. The second-order valence-corrected chi connectivity index (χ2v) is 7.15. The quantitative estimate of drug-likeness (QED) is 0.800. The SMILES string of the molecule is CC(=O)O[C@H]1COC2(CCOCC2)[C@H](Sc2ccccc2)C1. The number of hydrogen-bond donors (Lipinski definition) is 0. The van der Waals surface area contributed by atoms with Gasteiger partial charge in [-0.05, 0) is 12.1 Å². The van der Waals surface area contributed by atoms with E-state index < -0.39 is 0 Å². The summed E-state index contributed by atoms with van der Waals surface area (Å²) in [5.41, 5.74) is -0.157. The van der Waals surface area contributed by atoms with E-state index in [4.69, 9.17) is 14.2 Å². The van der Waals surface area contributed by atoms with Gasteiger partial charge < -0.3 is 14.2 Å². The Labute approximate surface area is 135 Å². The Bertz CT molecular complexity index is 499. The topological polar surface area (TPSA) is 44.8 Å². The lowest BCUT2D eigenvalue weighted by molar-refractivity contribution is -0.179. The molecule has 0 saturated carbocycles. The highest BCUT2D eigenvalue weighted by Gasteiger charge is 2.47. The molecule has 3 rings (SSSR count). The first-order valence-electron chi connectivity index (χ1n) is 7.79. The molecule has 0 unspecified atom stereocenters. The number of carbonyl (C=O) groups excluding carboxylic acids is 1. The minimum Gasteiger partial charge on any atom is -0.460 e. The minimum absolute atomic E-state index is 0.146. The fourth-order valence-electron chi connectivity index (χ4n) is 3.19. The Kier molecular flexibility index (Phi) is 5.06. The lowest BCUT2D eigenvalue weighted by atomic mass is 9.85. The van der Waals surface area contributed by atoms with E-state index in [2.05, 4.69) is 12.1 Å². The van der Waals surface area contributed by atoms with Crippen LogP contribution in [0.15, 0.2) is 35.2 Å². The Balaban J connectivity index is 1.76. The van der Waals surface area contributed by atoms with Crippen molar-refractivity contribution in [1.82, 2.24) is 0 Å². The van der Waals surface area contributed by atoms with Gasteiger partial charge in [-0.25, -0.2) is 0 Å². The number of benzene rings is 1. The number of hydrogen-bond acceptors (Lipinski definition) is 5. The van der Waals surface area contributed by atoms with Gasteiger partial charge in [0.15, 0.2) is 0 Å². The van der Waals surface area contributed by atoms with Crippen LogP contribution in [0.4, 0.5) is 0 Å². The van der Waals surface area contributed by atoms with Gasteiger partial charge in [-0.1, -0.05) is 18.2 Å². The summed E-state index contributed by atoms with van der Waals surface area (Å²) in [6.45, 7) is 3.43. The Morgan fingerprint density at radius 1 is 1.27 bits per heavy atom. The standard InChI is InChI=1S/C17H22O4S/c1-13(18)21-14-11-16(22-15-5-3-2-4-6-15)17(20-12-14)7-9-19-10-8-17/h2-6,14,16H,7-12H2,1H3/t14-,16-/m1/s1. The van der Waals surface area contributed by atoms with Crippen LogP contribution in [0.2, 0.25) is 0 Å². The van der Waals surface area contributed by atoms with Crippen molar-refractivity contribution in [2.75, 3.05) is 19.8 Å². The molecule has 0 aliphatic carbocycles. The van der Waals surface area contributed by atoms with E-state index in [-0.39, 0.29) is 22.9 Å². The number of esters is 1. The lowest BCUT2D eigenvalue weighted by Crippen LogP contribution is -2.54. The number of rotatable bonds is 3. The first-order chi connectivity index (χ1) is 10.7. The monoisotopic (exact) mass is 322 g/mol. The molecule has 0 radical (unpaired) electrons. The molecule has 2 aliphatic rings. The van der Waals surface area contributed by atoms with Crippen molar-refractivity contribution in [3.63, 3.8) is 0 Å². The molecule has 1 aromatic rings. The fraction of sp³-hybridized carbons (Fsp3) is 0.588. The highest BCUT2D eigenvalue weighted by molar-refractivity contribution is 8.00. The average Bonchev–Trinajstić information content (AvgIpc) is 2.52. The second-order valence-electron chi connectivity index (χ2n) is 5.87. The van der Waals surface area contributed by atoms with Crippen LogP contribution in [0.3, 0.4) is 0 Å². The summed E-state index contributed by atoms with van der Waals surface area (Å²) in [4.78, 5) is 12.5. The van der Waals surface area contributed by atoms with Gasteiger partial charge >= 0.3 is 5.97 Å². The predicted octanol–water partition coefficient (Wildman–Crippen LogP) is 3.05. The van der Waals surface area contributed by atoms with Crippen molar-refractivity contribution in [1.29, 1.82) is 0 Å². The normalized spacial score (nSPS) is 27.5. The van der Waals surface area contributed by atoms with E-state index in [1.165, 1.54) is 11.8 Å². The summed E-state index contributed by atoms with van der Waals surface area (Å²) in [5.74, 6) is -0.236. The van der Waals surface area contributed by atoms with E-state index in [1.54, 1.807) is 0 Å². The summed E-state index contributed by atoms with van der Waals surface area (Å²) >= 11 is 1.83. The van der Waals surface area contributed by atoms with Crippen molar-refractivity contribution in [2.24, 2.45) is 0 Å². The molecule has 0 bridgehead atoms. The smallest absolute Gasteiger partial charge is 0.302 e. The molecular weight excluding hydrogens is 300 g/mol.